The monoisotopic (exact) mass is 403 g/mol. The number of rotatable bonds is 6. The number of hydrogen-bond acceptors (Lipinski definition) is 8. The second-order valence-corrected chi connectivity index (χ2v) is 7.14. The molecule has 0 aliphatic heterocycles. The summed E-state index contributed by atoms with van der Waals surface area (Å²) < 4.78 is 6.82. The fraction of sp³-hybridized carbons (Fsp3) is 0.190. The summed E-state index contributed by atoms with van der Waals surface area (Å²) >= 11 is 0. The predicted octanol–water partition coefficient (Wildman–Crippen LogP) is 3.35. The Labute approximate surface area is 172 Å². The second kappa shape index (κ2) is 8.16. The Morgan fingerprint density at radius 2 is 1.90 bits per heavy atom. The number of anilines is 3. The van der Waals surface area contributed by atoms with E-state index in [1.165, 1.54) is 6.33 Å². The van der Waals surface area contributed by atoms with Crippen molar-refractivity contribution in [1.82, 2.24) is 25.0 Å². The number of benzene rings is 2. The van der Waals surface area contributed by atoms with Crippen molar-refractivity contribution in [2.24, 2.45) is 5.92 Å². The van der Waals surface area contributed by atoms with Crippen molar-refractivity contribution < 1.29 is 9.53 Å². The fourth-order valence-electron chi connectivity index (χ4n) is 2.83. The molecule has 0 atom stereocenters. The van der Waals surface area contributed by atoms with Gasteiger partial charge in [-0.05, 0) is 42.3 Å². The Kier molecular flexibility index (Phi) is 5.25. The van der Waals surface area contributed by atoms with E-state index in [1.807, 2.05) is 38.1 Å². The van der Waals surface area contributed by atoms with Crippen LogP contribution >= 0.6 is 0 Å². The molecule has 2 aromatic heterocycles. The number of carbonyl (C=O) groups excluding carboxylic acids is 1. The minimum absolute atomic E-state index is 0.284. The van der Waals surface area contributed by atoms with Gasteiger partial charge in [0.05, 0.1) is 17.7 Å². The van der Waals surface area contributed by atoms with Gasteiger partial charge in [-0.2, -0.15) is 4.68 Å². The number of nitrogens with zero attached hydrogens (tertiary/aromatic N) is 5. The summed E-state index contributed by atoms with van der Waals surface area (Å²) in [4.78, 5) is 20.6. The standard InChI is InChI=1S/C21H21N7O2/c1-13(2)11-30-21(29)14-7-9-15(10-8-14)25-19-18(22)20(24-12-23-19)28-17-6-4-3-5-16(17)26-27-28/h3-10,12-13H,11,22H2,1-2H3,(H,23,24,25). The van der Waals surface area contributed by atoms with Crippen LogP contribution in [0.2, 0.25) is 0 Å². The third-order valence-electron chi connectivity index (χ3n) is 4.35. The van der Waals surface area contributed by atoms with Crippen LogP contribution < -0.4 is 11.1 Å². The molecule has 0 amide bonds. The average Bonchev–Trinajstić information content (AvgIpc) is 3.18. The van der Waals surface area contributed by atoms with Gasteiger partial charge >= 0.3 is 5.97 Å². The van der Waals surface area contributed by atoms with E-state index < -0.39 is 0 Å². The Bertz CT molecular complexity index is 1190. The van der Waals surface area contributed by atoms with Crippen molar-refractivity contribution in [1.29, 1.82) is 0 Å². The minimum atomic E-state index is -0.350. The van der Waals surface area contributed by atoms with Gasteiger partial charge in [-0.1, -0.05) is 31.2 Å². The van der Waals surface area contributed by atoms with Crippen LogP contribution in [0.15, 0.2) is 54.9 Å². The van der Waals surface area contributed by atoms with E-state index in [0.717, 1.165) is 16.7 Å². The zero-order chi connectivity index (χ0) is 21.1. The molecule has 9 heteroatoms. The zero-order valence-corrected chi connectivity index (χ0v) is 16.6. The number of ether oxygens (including phenoxy) is 1. The highest BCUT2D eigenvalue weighted by Gasteiger charge is 2.15. The maximum Gasteiger partial charge on any atom is 0.338 e. The van der Waals surface area contributed by atoms with E-state index in [0.29, 0.717) is 29.5 Å². The molecular formula is C21H21N7O2. The van der Waals surface area contributed by atoms with Gasteiger partial charge in [0.2, 0.25) is 0 Å². The lowest BCUT2D eigenvalue weighted by atomic mass is 10.2. The van der Waals surface area contributed by atoms with E-state index in [-0.39, 0.29) is 11.9 Å². The van der Waals surface area contributed by atoms with E-state index in [9.17, 15) is 4.79 Å². The number of hydrogen-bond donors (Lipinski definition) is 2. The molecule has 0 fully saturated rings. The maximum absolute atomic E-state index is 12.1. The normalized spacial score (nSPS) is 11.0. The number of nitrogens with one attached hydrogen (secondary N) is 1. The van der Waals surface area contributed by atoms with Crippen molar-refractivity contribution in [3.05, 3.63) is 60.4 Å². The second-order valence-electron chi connectivity index (χ2n) is 7.14. The lowest BCUT2D eigenvalue weighted by molar-refractivity contribution is 0.0459. The van der Waals surface area contributed by atoms with E-state index in [2.05, 4.69) is 25.6 Å². The zero-order valence-electron chi connectivity index (χ0n) is 16.6. The first-order valence-electron chi connectivity index (χ1n) is 9.48. The summed E-state index contributed by atoms with van der Waals surface area (Å²) in [7, 11) is 0. The summed E-state index contributed by atoms with van der Waals surface area (Å²) in [5, 5.41) is 11.4. The van der Waals surface area contributed by atoms with Gasteiger partial charge < -0.3 is 15.8 Å². The highest BCUT2D eigenvalue weighted by molar-refractivity contribution is 5.90. The van der Waals surface area contributed by atoms with Crippen LogP contribution in [0, 0.1) is 5.92 Å². The quantitative estimate of drug-likeness (QED) is 0.470. The number of nitrogens with two attached hydrogens (primary N) is 1. The Morgan fingerprint density at radius 1 is 1.13 bits per heavy atom. The molecule has 0 bridgehead atoms. The molecule has 0 spiro atoms. The van der Waals surface area contributed by atoms with E-state index in [1.54, 1.807) is 28.9 Å². The highest BCUT2D eigenvalue weighted by atomic mass is 16.5. The lowest BCUT2D eigenvalue weighted by Crippen LogP contribution is -2.10. The summed E-state index contributed by atoms with van der Waals surface area (Å²) in [5.41, 5.74) is 9.36. The van der Waals surface area contributed by atoms with Crippen molar-refractivity contribution in [2.45, 2.75) is 13.8 Å². The molecule has 0 saturated heterocycles. The molecule has 4 rings (SSSR count). The predicted molar refractivity (Wildman–Crippen MR) is 114 cm³/mol. The molecule has 9 nitrogen and oxygen atoms in total. The summed E-state index contributed by atoms with van der Waals surface area (Å²) in [6, 6.07) is 14.4. The molecule has 152 valence electrons. The largest absolute Gasteiger partial charge is 0.462 e. The first-order valence-corrected chi connectivity index (χ1v) is 9.48. The number of nitrogen functional groups attached to an aromatic ring is 1. The number of para-hydroxylation sites is 1. The smallest absolute Gasteiger partial charge is 0.338 e. The molecular weight excluding hydrogens is 382 g/mol. The molecule has 0 saturated carbocycles. The van der Waals surface area contributed by atoms with Gasteiger partial charge in [-0.15, -0.1) is 5.10 Å². The van der Waals surface area contributed by atoms with Crippen molar-refractivity contribution in [3.63, 3.8) is 0 Å². The highest BCUT2D eigenvalue weighted by Crippen LogP contribution is 2.26. The molecule has 30 heavy (non-hydrogen) atoms. The van der Waals surface area contributed by atoms with Gasteiger partial charge in [0.1, 0.15) is 17.5 Å². The Balaban J connectivity index is 1.56. The number of esters is 1. The molecule has 0 radical (unpaired) electrons. The topological polar surface area (TPSA) is 121 Å². The molecule has 0 aliphatic carbocycles. The first-order chi connectivity index (χ1) is 14.5. The minimum Gasteiger partial charge on any atom is -0.462 e. The third-order valence-corrected chi connectivity index (χ3v) is 4.35. The van der Waals surface area contributed by atoms with Gasteiger partial charge in [-0.25, -0.2) is 14.8 Å². The van der Waals surface area contributed by atoms with Gasteiger partial charge in [0.25, 0.3) is 0 Å². The number of aromatic nitrogens is 5. The third kappa shape index (κ3) is 3.90. The van der Waals surface area contributed by atoms with Crippen LogP contribution in [0.5, 0.6) is 0 Å². The van der Waals surface area contributed by atoms with Crippen molar-refractivity contribution in [2.75, 3.05) is 17.7 Å². The van der Waals surface area contributed by atoms with Crippen LogP contribution in [0.3, 0.4) is 0 Å². The summed E-state index contributed by atoms with van der Waals surface area (Å²) in [6.45, 7) is 4.36. The number of fused-ring (bicyclic) bond motifs is 1. The van der Waals surface area contributed by atoms with Crippen LogP contribution in [0.1, 0.15) is 24.2 Å². The lowest BCUT2D eigenvalue weighted by Gasteiger charge is -2.12. The van der Waals surface area contributed by atoms with Gasteiger partial charge in [-0.3, -0.25) is 0 Å². The summed E-state index contributed by atoms with van der Waals surface area (Å²) in [6.07, 6.45) is 1.40. The van der Waals surface area contributed by atoms with Crippen LogP contribution in [0.4, 0.5) is 17.2 Å². The molecule has 0 aliphatic rings. The maximum atomic E-state index is 12.1. The van der Waals surface area contributed by atoms with Crippen LogP contribution in [-0.2, 0) is 4.74 Å². The molecule has 3 N–H and O–H groups in total. The average molecular weight is 403 g/mol. The fourth-order valence-corrected chi connectivity index (χ4v) is 2.83. The van der Waals surface area contributed by atoms with E-state index in [4.69, 9.17) is 10.5 Å². The van der Waals surface area contributed by atoms with Gasteiger partial charge in [0, 0.05) is 5.69 Å². The van der Waals surface area contributed by atoms with Crippen LogP contribution in [0.25, 0.3) is 16.9 Å². The molecule has 0 unspecified atom stereocenters. The summed E-state index contributed by atoms with van der Waals surface area (Å²) in [5.74, 6) is 0.786. The SMILES string of the molecule is CC(C)COC(=O)c1ccc(Nc2ncnc(-n3nnc4ccccc43)c2N)cc1. The Hall–Kier alpha value is -4.01. The molecule has 2 heterocycles. The Morgan fingerprint density at radius 3 is 2.67 bits per heavy atom. The van der Waals surface area contributed by atoms with Crippen LogP contribution in [-0.4, -0.2) is 37.5 Å². The molecule has 2 aromatic carbocycles. The van der Waals surface area contributed by atoms with E-state index >= 15 is 0 Å². The van der Waals surface area contributed by atoms with Crippen molar-refractivity contribution in [3.8, 4) is 5.82 Å². The van der Waals surface area contributed by atoms with Gasteiger partial charge in [0.15, 0.2) is 11.6 Å². The molecule has 4 aromatic rings. The first kappa shape index (κ1) is 19.3. The number of carbonyl (C=O) groups is 1. The van der Waals surface area contributed by atoms with Crippen molar-refractivity contribution >= 4 is 34.2 Å².